The summed E-state index contributed by atoms with van der Waals surface area (Å²) in [5, 5.41) is 2.82. The van der Waals surface area contributed by atoms with Crippen LogP contribution in [0.3, 0.4) is 0 Å². The summed E-state index contributed by atoms with van der Waals surface area (Å²) in [4.78, 5) is 13.5. The number of nitrogens with two attached hydrogens (primary N) is 1. The summed E-state index contributed by atoms with van der Waals surface area (Å²) < 4.78 is 5.45. The molecule has 1 amide bonds. The number of carbonyl (C=O) groups excluding carboxylic acids is 1. The van der Waals surface area contributed by atoms with E-state index in [9.17, 15) is 4.79 Å². The zero-order chi connectivity index (χ0) is 12.3. The zero-order valence-corrected chi connectivity index (χ0v) is 10.1. The molecule has 0 spiro atoms. The SMILES string of the molecule is CCC(N)C(c1ccco1)N1CCNC(=O)C1. The number of piperazine rings is 1. The predicted octanol–water partition coefficient (Wildman–Crippen LogP) is 0.490. The summed E-state index contributed by atoms with van der Waals surface area (Å²) in [5.74, 6) is 0.894. The Morgan fingerprint density at radius 1 is 1.65 bits per heavy atom. The number of hydrogen-bond donors (Lipinski definition) is 2. The first kappa shape index (κ1) is 12.1. The van der Waals surface area contributed by atoms with Crippen LogP contribution in [0.15, 0.2) is 22.8 Å². The zero-order valence-electron chi connectivity index (χ0n) is 10.1. The molecule has 1 saturated heterocycles. The Hall–Kier alpha value is -1.33. The van der Waals surface area contributed by atoms with Gasteiger partial charge in [-0.05, 0) is 18.6 Å². The molecule has 2 unspecified atom stereocenters. The van der Waals surface area contributed by atoms with E-state index in [4.69, 9.17) is 10.2 Å². The first-order valence-electron chi connectivity index (χ1n) is 6.02. The maximum Gasteiger partial charge on any atom is 0.234 e. The standard InChI is InChI=1S/C12H19N3O2/c1-2-9(13)12(10-4-3-7-17-10)15-6-5-14-11(16)8-15/h3-4,7,9,12H,2,5-6,8,13H2,1H3,(H,14,16). The van der Waals surface area contributed by atoms with Gasteiger partial charge in [0.05, 0.1) is 18.8 Å². The van der Waals surface area contributed by atoms with Crippen LogP contribution in [-0.2, 0) is 4.79 Å². The highest BCUT2D eigenvalue weighted by Crippen LogP contribution is 2.25. The van der Waals surface area contributed by atoms with Gasteiger partial charge in [-0.3, -0.25) is 9.69 Å². The fraction of sp³-hybridized carbons (Fsp3) is 0.583. The Bertz CT molecular complexity index is 364. The molecule has 17 heavy (non-hydrogen) atoms. The lowest BCUT2D eigenvalue weighted by Gasteiger charge is -2.35. The van der Waals surface area contributed by atoms with Crippen molar-refractivity contribution in [2.75, 3.05) is 19.6 Å². The molecule has 1 aliphatic rings. The van der Waals surface area contributed by atoms with Crippen molar-refractivity contribution in [2.45, 2.75) is 25.4 Å². The van der Waals surface area contributed by atoms with Crippen LogP contribution < -0.4 is 11.1 Å². The van der Waals surface area contributed by atoms with Gasteiger partial charge in [0.1, 0.15) is 5.76 Å². The first-order valence-corrected chi connectivity index (χ1v) is 6.02. The smallest absolute Gasteiger partial charge is 0.234 e. The molecule has 1 aromatic heterocycles. The van der Waals surface area contributed by atoms with Crippen LogP contribution in [0.2, 0.25) is 0 Å². The normalized spacial score (nSPS) is 20.9. The molecule has 0 saturated carbocycles. The van der Waals surface area contributed by atoms with Crippen molar-refractivity contribution in [3.05, 3.63) is 24.2 Å². The molecule has 2 rings (SSSR count). The highest BCUT2D eigenvalue weighted by atomic mass is 16.3. The van der Waals surface area contributed by atoms with E-state index >= 15 is 0 Å². The van der Waals surface area contributed by atoms with E-state index in [0.29, 0.717) is 13.1 Å². The van der Waals surface area contributed by atoms with E-state index in [1.165, 1.54) is 0 Å². The van der Waals surface area contributed by atoms with Crippen molar-refractivity contribution < 1.29 is 9.21 Å². The molecule has 1 aliphatic heterocycles. The van der Waals surface area contributed by atoms with E-state index in [-0.39, 0.29) is 18.0 Å². The lowest BCUT2D eigenvalue weighted by Crippen LogP contribution is -2.52. The molecule has 5 heteroatoms. The van der Waals surface area contributed by atoms with Crippen LogP contribution in [0.5, 0.6) is 0 Å². The molecular weight excluding hydrogens is 218 g/mol. The highest BCUT2D eigenvalue weighted by molar-refractivity contribution is 5.78. The molecule has 1 aromatic rings. The Kier molecular flexibility index (Phi) is 3.81. The second-order valence-electron chi connectivity index (χ2n) is 4.35. The molecule has 0 aliphatic carbocycles. The van der Waals surface area contributed by atoms with Crippen molar-refractivity contribution in [2.24, 2.45) is 5.73 Å². The number of hydrogen-bond acceptors (Lipinski definition) is 4. The van der Waals surface area contributed by atoms with E-state index in [1.807, 2.05) is 19.1 Å². The van der Waals surface area contributed by atoms with E-state index < -0.39 is 0 Å². The summed E-state index contributed by atoms with van der Waals surface area (Å²) >= 11 is 0. The van der Waals surface area contributed by atoms with Crippen molar-refractivity contribution in [3.63, 3.8) is 0 Å². The largest absolute Gasteiger partial charge is 0.468 e. The molecule has 5 nitrogen and oxygen atoms in total. The summed E-state index contributed by atoms with van der Waals surface area (Å²) in [5.41, 5.74) is 6.15. The third-order valence-electron chi connectivity index (χ3n) is 3.17. The van der Waals surface area contributed by atoms with Gasteiger partial charge in [-0.2, -0.15) is 0 Å². The number of nitrogens with zero attached hydrogens (tertiary/aromatic N) is 1. The van der Waals surface area contributed by atoms with E-state index in [2.05, 4.69) is 10.2 Å². The van der Waals surface area contributed by atoms with E-state index in [0.717, 1.165) is 18.7 Å². The lowest BCUT2D eigenvalue weighted by molar-refractivity contribution is -0.125. The third-order valence-corrected chi connectivity index (χ3v) is 3.17. The van der Waals surface area contributed by atoms with Crippen molar-refractivity contribution in [3.8, 4) is 0 Å². The second-order valence-corrected chi connectivity index (χ2v) is 4.35. The second kappa shape index (κ2) is 5.33. The molecule has 2 heterocycles. The van der Waals surface area contributed by atoms with Gasteiger partial charge in [0.25, 0.3) is 0 Å². The Balaban J connectivity index is 2.18. The van der Waals surface area contributed by atoms with Gasteiger partial charge in [-0.15, -0.1) is 0 Å². The van der Waals surface area contributed by atoms with Crippen LogP contribution in [0.4, 0.5) is 0 Å². The third kappa shape index (κ3) is 2.68. The maximum atomic E-state index is 11.4. The Morgan fingerprint density at radius 2 is 2.47 bits per heavy atom. The molecule has 94 valence electrons. The lowest BCUT2D eigenvalue weighted by atomic mass is 10.0. The fourth-order valence-electron chi connectivity index (χ4n) is 2.24. The average Bonchev–Trinajstić information content (AvgIpc) is 2.83. The van der Waals surface area contributed by atoms with Crippen molar-refractivity contribution in [1.82, 2.24) is 10.2 Å². The Labute approximate surface area is 101 Å². The summed E-state index contributed by atoms with van der Waals surface area (Å²) in [6, 6.07) is 3.75. The summed E-state index contributed by atoms with van der Waals surface area (Å²) in [6.07, 6.45) is 2.50. The van der Waals surface area contributed by atoms with Crippen molar-refractivity contribution >= 4 is 5.91 Å². The van der Waals surface area contributed by atoms with Gasteiger partial charge < -0.3 is 15.5 Å². The van der Waals surface area contributed by atoms with Gasteiger partial charge in [0.2, 0.25) is 5.91 Å². The van der Waals surface area contributed by atoms with Gasteiger partial charge in [-0.1, -0.05) is 6.92 Å². The highest BCUT2D eigenvalue weighted by Gasteiger charge is 2.31. The van der Waals surface area contributed by atoms with E-state index in [1.54, 1.807) is 6.26 Å². The van der Waals surface area contributed by atoms with Gasteiger partial charge in [0, 0.05) is 19.1 Å². The maximum absolute atomic E-state index is 11.4. The molecule has 3 N–H and O–H groups in total. The van der Waals surface area contributed by atoms with Gasteiger partial charge >= 0.3 is 0 Å². The molecule has 0 radical (unpaired) electrons. The number of amides is 1. The number of carbonyl (C=O) groups is 1. The predicted molar refractivity (Wildman–Crippen MR) is 64.3 cm³/mol. The van der Waals surface area contributed by atoms with Crippen LogP contribution >= 0.6 is 0 Å². The van der Waals surface area contributed by atoms with Crippen LogP contribution in [-0.4, -0.2) is 36.5 Å². The quantitative estimate of drug-likeness (QED) is 0.799. The molecule has 1 fully saturated rings. The minimum atomic E-state index is -0.0213. The number of rotatable bonds is 4. The molecule has 0 bridgehead atoms. The molecule has 2 atom stereocenters. The van der Waals surface area contributed by atoms with Gasteiger partial charge in [0.15, 0.2) is 0 Å². The number of nitrogens with one attached hydrogen (secondary N) is 1. The first-order chi connectivity index (χ1) is 8.22. The molecular formula is C12H19N3O2. The van der Waals surface area contributed by atoms with Gasteiger partial charge in [-0.25, -0.2) is 0 Å². The van der Waals surface area contributed by atoms with Crippen LogP contribution in [0.25, 0.3) is 0 Å². The minimum Gasteiger partial charge on any atom is -0.468 e. The fourth-order valence-corrected chi connectivity index (χ4v) is 2.24. The summed E-state index contributed by atoms with van der Waals surface area (Å²) in [7, 11) is 0. The topological polar surface area (TPSA) is 71.5 Å². The minimum absolute atomic E-state index is 0.0129. The van der Waals surface area contributed by atoms with Crippen LogP contribution in [0.1, 0.15) is 25.1 Å². The number of furan rings is 1. The average molecular weight is 237 g/mol. The van der Waals surface area contributed by atoms with Crippen molar-refractivity contribution in [1.29, 1.82) is 0 Å². The van der Waals surface area contributed by atoms with Crippen LogP contribution in [0, 0.1) is 0 Å². The monoisotopic (exact) mass is 237 g/mol. The summed E-state index contributed by atoms with van der Waals surface area (Å²) in [6.45, 7) is 3.92. The molecule has 0 aromatic carbocycles. The Morgan fingerprint density at radius 3 is 3.06 bits per heavy atom.